The lowest BCUT2D eigenvalue weighted by Gasteiger charge is -2.06. The van der Waals surface area contributed by atoms with Crippen LogP contribution in [0.2, 0.25) is 0 Å². The van der Waals surface area contributed by atoms with Gasteiger partial charge in [-0.3, -0.25) is 9.67 Å². The standard InChI is InChI=1S/C11H14N4/c1-10-9-11(3-5-12-10)13-6-8-15-7-2-4-14-15/h2-5,7,9H,6,8H2,1H3,(H,12,13). The van der Waals surface area contributed by atoms with Crippen LogP contribution >= 0.6 is 0 Å². The van der Waals surface area contributed by atoms with Gasteiger partial charge in [0.05, 0.1) is 6.54 Å². The fraction of sp³-hybridized carbons (Fsp3) is 0.273. The molecule has 0 fully saturated rings. The number of aryl methyl sites for hydroxylation is 1. The van der Waals surface area contributed by atoms with Gasteiger partial charge in [-0.05, 0) is 25.1 Å². The molecule has 1 N–H and O–H groups in total. The van der Waals surface area contributed by atoms with Crippen LogP contribution in [-0.4, -0.2) is 21.3 Å². The molecule has 78 valence electrons. The van der Waals surface area contributed by atoms with Gasteiger partial charge < -0.3 is 5.32 Å². The first-order valence-corrected chi connectivity index (χ1v) is 4.98. The largest absolute Gasteiger partial charge is 0.383 e. The fourth-order valence-electron chi connectivity index (χ4n) is 1.40. The van der Waals surface area contributed by atoms with Crippen LogP contribution in [-0.2, 0) is 6.54 Å². The van der Waals surface area contributed by atoms with Gasteiger partial charge in [-0.25, -0.2) is 0 Å². The summed E-state index contributed by atoms with van der Waals surface area (Å²) in [5, 5.41) is 7.45. The highest BCUT2D eigenvalue weighted by Gasteiger charge is 1.93. The Balaban J connectivity index is 1.83. The normalized spacial score (nSPS) is 10.2. The quantitative estimate of drug-likeness (QED) is 0.820. The second-order valence-corrected chi connectivity index (χ2v) is 3.38. The summed E-state index contributed by atoms with van der Waals surface area (Å²) in [7, 11) is 0. The Morgan fingerprint density at radius 1 is 1.40 bits per heavy atom. The summed E-state index contributed by atoms with van der Waals surface area (Å²) < 4.78 is 1.90. The Hall–Kier alpha value is -1.84. The van der Waals surface area contributed by atoms with E-state index in [1.54, 1.807) is 6.20 Å². The van der Waals surface area contributed by atoms with Gasteiger partial charge in [0, 0.05) is 36.5 Å². The number of rotatable bonds is 4. The second kappa shape index (κ2) is 4.59. The fourth-order valence-corrected chi connectivity index (χ4v) is 1.40. The average molecular weight is 202 g/mol. The smallest absolute Gasteiger partial charge is 0.0582 e. The Morgan fingerprint density at radius 3 is 3.07 bits per heavy atom. The highest BCUT2D eigenvalue weighted by atomic mass is 15.3. The maximum absolute atomic E-state index is 4.14. The summed E-state index contributed by atoms with van der Waals surface area (Å²) in [5.41, 5.74) is 2.13. The van der Waals surface area contributed by atoms with E-state index < -0.39 is 0 Å². The molecular formula is C11H14N4. The summed E-state index contributed by atoms with van der Waals surface area (Å²) in [5.74, 6) is 0. The Morgan fingerprint density at radius 2 is 2.33 bits per heavy atom. The van der Waals surface area contributed by atoms with Gasteiger partial charge in [-0.1, -0.05) is 0 Å². The molecule has 2 aromatic rings. The molecule has 0 aliphatic rings. The van der Waals surface area contributed by atoms with Crippen molar-refractivity contribution in [3.05, 3.63) is 42.5 Å². The van der Waals surface area contributed by atoms with Crippen molar-refractivity contribution in [1.82, 2.24) is 14.8 Å². The van der Waals surface area contributed by atoms with Gasteiger partial charge in [0.15, 0.2) is 0 Å². The Labute approximate surface area is 89.0 Å². The molecule has 4 nitrogen and oxygen atoms in total. The van der Waals surface area contributed by atoms with Crippen molar-refractivity contribution >= 4 is 5.69 Å². The van der Waals surface area contributed by atoms with E-state index in [1.165, 1.54) is 0 Å². The van der Waals surface area contributed by atoms with E-state index in [1.807, 2.05) is 42.2 Å². The van der Waals surface area contributed by atoms with E-state index in [0.717, 1.165) is 24.5 Å². The zero-order valence-electron chi connectivity index (χ0n) is 8.72. The third-order valence-corrected chi connectivity index (χ3v) is 2.13. The number of nitrogens with one attached hydrogen (secondary N) is 1. The minimum atomic E-state index is 0.866. The zero-order chi connectivity index (χ0) is 10.5. The molecule has 0 unspecified atom stereocenters. The number of nitrogens with zero attached hydrogens (tertiary/aromatic N) is 3. The van der Waals surface area contributed by atoms with E-state index in [2.05, 4.69) is 15.4 Å². The molecule has 0 radical (unpaired) electrons. The van der Waals surface area contributed by atoms with Crippen molar-refractivity contribution in [2.75, 3.05) is 11.9 Å². The molecule has 2 rings (SSSR count). The molecule has 0 atom stereocenters. The molecule has 2 aromatic heterocycles. The lowest BCUT2D eigenvalue weighted by Crippen LogP contribution is -2.10. The average Bonchev–Trinajstić information content (AvgIpc) is 2.71. The van der Waals surface area contributed by atoms with Crippen LogP contribution in [0.3, 0.4) is 0 Å². The van der Waals surface area contributed by atoms with Crippen LogP contribution in [0.25, 0.3) is 0 Å². The molecular weight excluding hydrogens is 188 g/mol. The lowest BCUT2D eigenvalue weighted by molar-refractivity contribution is 0.638. The molecule has 0 spiro atoms. The van der Waals surface area contributed by atoms with Gasteiger partial charge in [0.2, 0.25) is 0 Å². The topological polar surface area (TPSA) is 42.7 Å². The predicted molar refractivity (Wildman–Crippen MR) is 59.7 cm³/mol. The minimum absolute atomic E-state index is 0.866. The number of pyridine rings is 1. The summed E-state index contributed by atoms with van der Waals surface area (Å²) in [6, 6.07) is 5.93. The van der Waals surface area contributed by atoms with Crippen LogP contribution < -0.4 is 5.32 Å². The SMILES string of the molecule is Cc1cc(NCCn2cccn2)ccn1. The molecule has 0 aromatic carbocycles. The van der Waals surface area contributed by atoms with Crippen LogP contribution in [0, 0.1) is 6.92 Å². The number of hydrogen-bond acceptors (Lipinski definition) is 3. The van der Waals surface area contributed by atoms with Crippen LogP contribution in [0.1, 0.15) is 5.69 Å². The van der Waals surface area contributed by atoms with E-state index in [9.17, 15) is 0 Å². The lowest BCUT2D eigenvalue weighted by atomic mass is 10.3. The number of aromatic nitrogens is 3. The summed E-state index contributed by atoms with van der Waals surface area (Å²) in [6.45, 7) is 3.72. The van der Waals surface area contributed by atoms with Gasteiger partial charge in [-0.15, -0.1) is 0 Å². The monoisotopic (exact) mass is 202 g/mol. The third-order valence-electron chi connectivity index (χ3n) is 2.13. The number of anilines is 1. The second-order valence-electron chi connectivity index (χ2n) is 3.38. The first-order chi connectivity index (χ1) is 7.34. The number of hydrogen-bond donors (Lipinski definition) is 1. The Kier molecular flexibility index (Phi) is 2.97. The molecule has 15 heavy (non-hydrogen) atoms. The first-order valence-electron chi connectivity index (χ1n) is 4.98. The van der Waals surface area contributed by atoms with Crippen LogP contribution in [0.15, 0.2) is 36.8 Å². The van der Waals surface area contributed by atoms with Gasteiger partial charge in [0.1, 0.15) is 0 Å². The minimum Gasteiger partial charge on any atom is -0.383 e. The highest BCUT2D eigenvalue weighted by Crippen LogP contribution is 2.06. The molecule has 0 aliphatic heterocycles. The van der Waals surface area contributed by atoms with Crippen molar-refractivity contribution in [2.24, 2.45) is 0 Å². The third kappa shape index (κ3) is 2.80. The van der Waals surface area contributed by atoms with Crippen LogP contribution in [0.5, 0.6) is 0 Å². The van der Waals surface area contributed by atoms with E-state index in [0.29, 0.717) is 0 Å². The maximum Gasteiger partial charge on any atom is 0.0582 e. The van der Waals surface area contributed by atoms with Crippen LogP contribution in [0.4, 0.5) is 5.69 Å². The summed E-state index contributed by atoms with van der Waals surface area (Å²) in [6.07, 6.45) is 5.56. The summed E-state index contributed by atoms with van der Waals surface area (Å²) in [4.78, 5) is 4.14. The van der Waals surface area contributed by atoms with Gasteiger partial charge >= 0.3 is 0 Å². The molecule has 0 saturated heterocycles. The molecule has 0 bridgehead atoms. The Bertz CT molecular complexity index is 408. The first kappa shape index (κ1) is 9.71. The zero-order valence-corrected chi connectivity index (χ0v) is 8.72. The molecule has 0 amide bonds. The highest BCUT2D eigenvalue weighted by molar-refractivity contribution is 5.42. The molecule has 0 saturated carbocycles. The molecule has 4 heteroatoms. The molecule has 2 heterocycles. The van der Waals surface area contributed by atoms with Crippen molar-refractivity contribution in [3.8, 4) is 0 Å². The predicted octanol–water partition coefficient (Wildman–Crippen LogP) is 1.70. The van der Waals surface area contributed by atoms with Gasteiger partial charge in [0.25, 0.3) is 0 Å². The van der Waals surface area contributed by atoms with E-state index in [4.69, 9.17) is 0 Å². The van der Waals surface area contributed by atoms with Crippen molar-refractivity contribution in [2.45, 2.75) is 13.5 Å². The van der Waals surface area contributed by atoms with E-state index in [-0.39, 0.29) is 0 Å². The van der Waals surface area contributed by atoms with E-state index >= 15 is 0 Å². The van der Waals surface area contributed by atoms with Crippen molar-refractivity contribution in [1.29, 1.82) is 0 Å². The van der Waals surface area contributed by atoms with Crippen molar-refractivity contribution < 1.29 is 0 Å². The summed E-state index contributed by atoms with van der Waals surface area (Å²) >= 11 is 0. The van der Waals surface area contributed by atoms with Gasteiger partial charge in [-0.2, -0.15) is 5.10 Å². The maximum atomic E-state index is 4.14. The molecule has 0 aliphatic carbocycles. The van der Waals surface area contributed by atoms with Crippen molar-refractivity contribution in [3.63, 3.8) is 0 Å².